The molecule has 2 nitrogen and oxygen atoms in total. The Balaban J connectivity index is 2.42. The van der Waals surface area contributed by atoms with Crippen molar-refractivity contribution in [1.29, 1.82) is 0 Å². The fourth-order valence-corrected chi connectivity index (χ4v) is 2.72. The zero-order chi connectivity index (χ0) is 8.28. The number of rotatable bonds is 0. The molecule has 0 aliphatic heterocycles. The molecule has 0 heterocycles. The first kappa shape index (κ1) is 7.29. The zero-order valence-corrected chi connectivity index (χ0v) is 7.18. The van der Waals surface area contributed by atoms with Crippen LogP contribution in [-0.4, -0.2) is 11.3 Å². The first-order chi connectivity index (χ1) is 4.97. The topological polar surface area (TPSA) is 43.1 Å². The molecule has 2 heteroatoms. The summed E-state index contributed by atoms with van der Waals surface area (Å²) in [6.45, 7) is 4.07. The summed E-state index contributed by atoms with van der Waals surface area (Å²) in [6.07, 6.45) is 2.99. The van der Waals surface area contributed by atoms with Crippen molar-refractivity contribution in [1.82, 2.24) is 0 Å². The Morgan fingerprint density at radius 3 is 2.45 bits per heavy atom. The van der Waals surface area contributed by atoms with Crippen molar-refractivity contribution in [2.45, 2.75) is 38.6 Å². The van der Waals surface area contributed by atoms with Crippen molar-refractivity contribution < 1.29 is 4.79 Å². The minimum absolute atomic E-state index is 0.132. The zero-order valence-electron chi connectivity index (χ0n) is 7.18. The molecule has 0 aromatic rings. The maximum absolute atomic E-state index is 11.7. The molecule has 0 radical (unpaired) electrons. The van der Waals surface area contributed by atoms with Crippen molar-refractivity contribution in [3.63, 3.8) is 0 Å². The molecule has 0 saturated heterocycles. The summed E-state index contributed by atoms with van der Waals surface area (Å²) in [7, 11) is 0. The molecule has 2 N–H and O–H groups in total. The maximum atomic E-state index is 11.7. The first-order valence-electron chi connectivity index (χ1n) is 4.31. The van der Waals surface area contributed by atoms with E-state index >= 15 is 0 Å². The van der Waals surface area contributed by atoms with E-state index in [1.54, 1.807) is 0 Å². The fraction of sp³-hybridized carbons (Fsp3) is 0.889. The van der Waals surface area contributed by atoms with Crippen LogP contribution >= 0.6 is 0 Å². The van der Waals surface area contributed by atoms with Crippen molar-refractivity contribution in [3.8, 4) is 0 Å². The van der Waals surface area contributed by atoms with Crippen LogP contribution < -0.4 is 5.73 Å². The Bertz CT molecular complexity index is 215. The SMILES string of the molecule is CC1(C)C(=O)[C@@]2(N)CC[C@@H]1C2. The number of Topliss-reactive ketones (excluding diaryl/α,β-unsaturated/α-hetero) is 1. The van der Waals surface area contributed by atoms with Crippen LogP contribution in [0.3, 0.4) is 0 Å². The molecule has 0 unspecified atom stereocenters. The highest BCUT2D eigenvalue weighted by atomic mass is 16.1. The molecular formula is C9H15NO. The fourth-order valence-electron chi connectivity index (χ4n) is 2.72. The Morgan fingerprint density at radius 2 is 2.18 bits per heavy atom. The van der Waals surface area contributed by atoms with Crippen LogP contribution in [0.4, 0.5) is 0 Å². The average molecular weight is 153 g/mol. The molecule has 2 aliphatic carbocycles. The van der Waals surface area contributed by atoms with Gasteiger partial charge in [-0.25, -0.2) is 0 Å². The molecule has 2 rings (SSSR count). The second kappa shape index (κ2) is 1.69. The summed E-state index contributed by atoms with van der Waals surface area (Å²) in [5.41, 5.74) is 5.40. The lowest BCUT2D eigenvalue weighted by Gasteiger charge is -2.30. The second-order valence-corrected chi connectivity index (χ2v) is 4.65. The minimum Gasteiger partial charge on any atom is -0.319 e. The van der Waals surface area contributed by atoms with E-state index in [2.05, 4.69) is 0 Å². The Labute approximate surface area is 67.1 Å². The van der Waals surface area contributed by atoms with Gasteiger partial charge in [0, 0.05) is 5.41 Å². The van der Waals surface area contributed by atoms with Crippen molar-refractivity contribution >= 4 is 5.78 Å². The van der Waals surface area contributed by atoms with E-state index in [1.807, 2.05) is 13.8 Å². The molecule has 2 bridgehead atoms. The lowest BCUT2D eigenvalue weighted by Crippen LogP contribution is -2.48. The molecule has 2 aliphatic rings. The Kier molecular flexibility index (Phi) is 1.12. The van der Waals surface area contributed by atoms with E-state index in [1.165, 1.54) is 0 Å². The molecule has 0 aromatic carbocycles. The highest BCUT2D eigenvalue weighted by molar-refractivity contribution is 5.96. The smallest absolute Gasteiger partial charge is 0.158 e. The first-order valence-corrected chi connectivity index (χ1v) is 4.31. The summed E-state index contributed by atoms with van der Waals surface area (Å²) >= 11 is 0. The molecule has 2 atom stereocenters. The van der Waals surface area contributed by atoms with E-state index in [0.29, 0.717) is 11.7 Å². The van der Waals surface area contributed by atoms with Crippen molar-refractivity contribution in [3.05, 3.63) is 0 Å². The summed E-state index contributed by atoms with van der Waals surface area (Å²) in [5, 5.41) is 0. The molecule has 11 heavy (non-hydrogen) atoms. The van der Waals surface area contributed by atoms with E-state index in [9.17, 15) is 4.79 Å². The van der Waals surface area contributed by atoms with Gasteiger partial charge in [0.2, 0.25) is 0 Å². The summed E-state index contributed by atoms with van der Waals surface area (Å²) in [6, 6.07) is 0. The molecule has 0 amide bonds. The normalized spacial score (nSPS) is 46.8. The lowest BCUT2D eigenvalue weighted by atomic mass is 9.74. The van der Waals surface area contributed by atoms with Gasteiger partial charge in [-0.3, -0.25) is 4.79 Å². The van der Waals surface area contributed by atoms with Gasteiger partial charge in [0.15, 0.2) is 5.78 Å². The molecule has 2 saturated carbocycles. The second-order valence-electron chi connectivity index (χ2n) is 4.65. The quantitative estimate of drug-likeness (QED) is 0.566. The van der Waals surface area contributed by atoms with E-state index in [4.69, 9.17) is 5.73 Å². The van der Waals surface area contributed by atoms with Crippen LogP contribution in [0.15, 0.2) is 0 Å². The molecule has 62 valence electrons. The Morgan fingerprint density at radius 1 is 1.55 bits per heavy atom. The maximum Gasteiger partial charge on any atom is 0.158 e. The van der Waals surface area contributed by atoms with Crippen LogP contribution in [0, 0.1) is 11.3 Å². The predicted molar refractivity (Wildman–Crippen MR) is 43.0 cm³/mol. The van der Waals surface area contributed by atoms with E-state index in [0.717, 1.165) is 19.3 Å². The van der Waals surface area contributed by atoms with Crippen molar-refractivity contribution in [2.24, 2.45) is 17.1 Å². The molecule has 2 fully saturated rings. The number of hydrogen-bond acceptors (Lipinski definition) is 2. The summed E-state index contributed by atoms with van der Waals surface area (Å²) < 4.78 is 0. The number of carbonyl (C=O) groups is 1. The molecule has 0 spiro atoms. The third kappa shape index (κ3) is 0.684. The highest BCUT2D eigenvalue weighted by Gasteiger charge is 2.59. The Hall–Kier alpha value is -0.370. The number of carbonyl (C=O) groups excluding carboxylic acids is 1. The summed E-state index contributed by atoms with van der Waals surface area (Å²) in [5.74, 6) is 0.848. The van der Waals surface area contributed by atoms with Crippen LogP contribution in [0.5, 0.6) is 0 Å². The number of nitrogens with two attached hydrogens (primary N) is 1. The monoisotopic (exact) mass is 153 g/mol. The van der Waals surface area contributed by atoms with Gasteiger partial charge in [-0.2, -0.15) is 0 Å². The standard InChI is InChI=1S/C9H15NO/c1-8(2)6-3-4-9(10,5-6)7(8)11/h6H,3-5,10H2,1-2H3/t6-,9-/m1/s1. The van der Waals surface area contributed by atoms with Crippen LogP contribution in [0.1, 0.15) is 33.1 Å². The van der Waals surface area contributed by atoms with E-state index < -0.39 is 5.54 Å². The van der Waals surface area contributed by atoms with Crippen LogP contribution in [0.25, 0.3) is 0 Å². The molecular weight excluding hydrogens is 138 g/mol. The third-order valence-electron chi connectivity index (χ3n) is 3.61. The lowest BCUT2D eigenvalue weighted by molar-refractivity contribution is -0.131. The largest absolute Gasteiger partial charge is 0.319 e. The van der Waals surface area contributed by atoms with Crippen LogP contribution in [-0.2, 0) is 4.79 Å². The highest BCUT2D eigenvalue weighted by Crippen LogP contribution is 2.53. The van der Waals surface area contributed by atoms with Gasteiger partial charge >= 0.3 is 0 Å². The molecule has 0 aromatic heterocycles. The van der Waals surface area contributed by atoms with Gasteiger partial charge in [-0.05, 0) is 25.2 Å². The summed E-state index contributed by atoms with van der Waals surface area (Å²) in [4.78, 5) is 11.7. The van der Waals surface area contributed by atoms with Gasteiger partial charge in [-0.15, -0.1) is 0 Å². The van der Waals surface area contributed by atoms with Crippen molar-refractivity contribution in [2.75, 3.05) is 0 Å². The van der Waals surface area contributed by atoms with Gasteiger partial charge in [-0.1, -0.05) is 13.8 Å². The number of ketones is 1. The van der Waals surface area contributed by atoms with E-state index in [-0.39, 0.29) is 5.41 Å². The van der Waals surface area contributed by atoms with Gasteiger partial charge in [0.25, 0.3) is 0 Å². The number of hydrogen-bond donors (Lipinski definition) is 1. The third-order valence-corrected chi connectivity index (χ3v) is 3.61. The number of fused-ring (bicyclic) bond motifs is 2. The predicted octanol–water partition coefficient (Wildman–Crippen LogP) is 1.09. The minimum atomic E-state index is -0.436. The van der Waals surface area contributed by atoms with Gasteiger partial charge in [0.05, 0.1) is 5.54 Å². The van der Waals surface area contributed by atoms with Gasteiger partial charge in [0.1, 0.15) is 0 Å². The van der Waals surface area contributed by atoms with Crippen LogP contribution in [0.2, 0.25) is 0 Å². The average Bonchev–Trinajstić information content (AvgIpc) is 2.36. The van der Waals surface area contributed by atoms with Gasteiger partial charge < -0.3 is 5.73 Å².